The topological polar surface area (TPSA) is 64.2 Å². The number of β-amino-alcohol motifs (C(OH)–C–C–N with tert-alkyl or cyclic N) is 1. The van der Waals surface area contributed by atoms with Crippen molar-refractivity contribution in [3.63, 3.8) is 0 Å². The van der Waals surface area contributed by atoms with E-state index in [1.165, 1.54) is 5.56 Å². The van der Waals surface area contributed by atoms with Gasteiger partial charge in [0.05, 0.1) is 24.4 Å². The number of rotatable bonds is 4. The Morgan fingerprint density at radius 1 is 1.36 bits per heavy atom. The molecular weight excluding hydrogens is 296 g/mol. The molecule has 22 heavy (non-hydrogen) atoms. The predicted octanol–water partition coefficient (Wildman–Crippen LogP) is 1.99. The Balaban J connectivity index is 2.05. The van der Waals surface area contributed by atoms with Gasteiger partial charge in [-0.05, 0) is 49.8 Å². The summed E-state index contributed by atoms with van der Waals surface area (Å²) in [6.07, 6.45) is 1.79. The molecule has 2 atom stereocenters. The van der Waals surface area contributed by atoms with Crippen molar-refractivity contribution in [2.75, 3.05) is 13.2 Å². The van der Waals surface area contributed by atoms with Crippen molar-refractivity contribution >= 4 is 17.3 Å². The number of aryl methyl sites for hydroxylation is 2. The smallest absolute Gasteiger partial charge is 0.170 e. The Morgan fingerprint density at radius 3 is 2.77 bits per heavy atom. The van der Waals surface area contributed by atoms with Crippen LogP contribution in [0, 0.1) is 13.8 Å². The van der Waals surface area contributed by atoms with Crippen LogP contribution < -0.4 is 5.32 Å². The number of nitrogens with one attached hydrogen (secondary N) is 2. The molecule has 0 unspecified atom stereocenters. The second kappa shape index (κ2) is 6.06. The first-order chi connectivity index (χ1) is 10.6. The molecule has 2 aromatic heterocycles. The molecular formula is C16H20N4OS. The number of aromatic nitrogens is 2. The molecule has 0 aliphatic carbocycles. The van der Waals surface area contributed by atoms with Crippen molar-refractivity contribution in [1.82, 2.24) is 20.2 Å². The van der Waals surface area contributed by atoms with Gasteiger partial charge in [0.1, 0.15) is 0 Å². The summed E-state index contributed by atoms with van der Waals surface area (Å²) in [4.78, 5) is 9.88. The summed E-state index contributed by atoms with van der Waals surface area (Å²) < 4.78 is 0. The van der Waals surface area contributed by atoms with Gasteiger partial charge in [-0.1, -0.05) is 6.07 Å². The highest BCUT2D eigenvalue weighted by atomic mass is 32.1. The van der Waals surface area contributed by atoms with Crippen LogP contribution in [0.2, 0.25) is 0 Å². The van der Waals surface area contributed by atoms with Crippen LogP contribution in [0.3, 0.4) is 0 Å². The second-order valence-corrected chi connectivity index (χ2v) is 5.96. The van der Waals surface area contributed by atoms with Crippen LogP contribution >= 0.6 is 12.2 Å². The van der Waals surface area contributed by atoms with E-state index in [4.69, 9.17) is 12.2 Å². The van der Waals surface area contributed by atoms with Gasteiger partial charge in [-0.25, -0.2) is 0 Å². The van der Waals surface area contributed by atoms with Gasteiger partial charge >= 0.3 is 0 Å². The summed E-state index contributed by atoms with van der Waals surface area (Å²) in [5.74, 6) is 0. The van der Waals surface area contributed by atoms with Gasteiger partial charge in [-0.15, -0.1) is 0 Å². The van der Waals surface area contributed by atoms with Gasteiger partial charge in [0.2, 0.25) is 0 Å². The van der Waals surface area contributed by atoms with E-state index in [9.17, 15) is 5.11 Å². The molecule has 6 heteroatoms. The number of hydrogen-bond donors (Lipinski definition) is 3. The molecule has 1 fully saturated rings. The van der Waals surface area contributed by atoms with Crippen molar-refractivity contribution < 1.29 is 5.11 Å². The highest BCUT2D eigenvalue weighted by Gasteiger charge is 2.40. The maximum atomic E-state index is 9.39. The molecule has 0 amide bonds. The van der Waals surface area contributed by atoms with Gasteiger partial charge in [-0.2, -0.15) is 0 Å². The first-order valence-corrected chi connectivity index (χ1v) is 7.77. The lowest BCUT2D eigenvalue weighted by molar-refractivity contribution is 0.223. The fraction of sp³-hybridized carbons (Fsp3) is 0.375. The first kappa shape index (κ1) is 15.0. The predicted molar refractivity (Wildman–Crippen MR) is 89.5 cm³/mol. The fourth-order valence-electron chi connectivity index (χ4n) is 3.15. The third-order valence-electron chi connectivity index (χ3n) is 4.05. The van der Waals surface area contributed by atoms with E-state index >= 15 is 0 Å². The van der Waals surface area contributed by atoms with Crippen LogP contribution in [-0.2, 0) is 0 Å². The van der Waals surface area contributed by atoms with Crippen LogP contribution in [0.5, 0.6) is 0 Å². The molecule has 0 spiro atoms. The molecule has 0 aromatic carbocycles. The summed E-state index contributed by atoms with van der Waals surface area (Å²) in [6.45, 7) is 4.68. The zero-order chi connectivity index (χ0) is 15.7. The molecule has 3 N–H and O–H groups in total. The van der Waals surface area contributed by atoms with Gasteiger partial charge in [0, 0.05) is 24.1 Å². The van der Waals surface area contributed by atoms with E-state index in [1.807, 2.05) is 30.0 Å². The third-order valence-corrected chi connectivity index (χ3v) is 4.40. The average molecular weight is 316 g/mol. The van der Waals surface area contributed by atoms with E-state index in [0.29, 0.717) is 11.7 Å². The molecule has 0 saturated carbocycles. The largest absolute Gasteiger partial charge is 0.395 e. The summed E-state index contributed by atoms with van der Waals surface area (Å²) in [5, 5.41) is 13.4. The van der Waals surface area contributed by atoms with Gasteiger partial charge in [-0.3, -0.25) is 4.98 Å². The monoisotopic (exact) mass is 316 g/mol. The molecule has 3 rings (SSSR count). The van der Waals surface area contributed by atoms with Crippen LogP contribution in [-0.4, -0.2) is 38.2 Å². The maximum absolute atomic E-state index is 9.39. The van der Waals surface area contributed by atoms with Gasteiger partial charge in [0.15, 0.2) is 5.11 Å². The number of H-pyrrole nitrogens is 1. The number of pyridine rings is 1. The Kier molecular flexibility index (Phi) is 4.13. The van der Waals surface area contributed by atoms with E-state index in [-0.39, 0.29) is 18.7 Å². The lowest BCUT2D eigenvalue weighted by Gasteiger charge is -2.27. The van der Waals surface area contributed by atoms with Gasteiger partial charge in [0.25, 0.3) is 0 Å². The summed E-state index contributed by atoms with van der Waals surface area (Å²) in [5.41, 5.74) is 4.38. The molecule has 0 radical (unpaired) electrons. The molecule has 2 aromatic rings. The zero-order valence-corrected chi connectivity index (χ0v) is 13.5. The molecule has 1 saturated heterocycles. The van der Waals surface area contributed by atoms with Crippen molar-refractivity contribution in [2.24, 2.45) is 0 Å². The first-order valence-electron chi connectivity index (χ1n) is 7.37. The lowest BCUT2D eigenvalue weighted by atomic mass is 9.97. The van der Waals surface area contributed by atoms with E-state index in [1.54, 1.807) is 6.20 Å². The van der Waals surface area contributed by atoms with Crippen LogP contribution in [0.4, 0.5) is 0 Å². The van der Waals surface area contributed by atoms with E-state index < -0.39 is 0 Å². The number of aliphatic hydroxyl groups excluding tert-OH is 1. The maximum Gasteiger partial charge on any atom is 0.170 e. The second-order valence-electron chi connectivity index (χ2n) is 5.58. The SMILES string of the molecule is Cc1cc([C@H]2[C@@H](c3ccccn3)NC(=S)N2CCO)c(C)[nH]1. The third kappa shape index (κ3) is 2.60. The number of aliphatic hydroxyl groups is 1. The fourth-order valence-corrected chi connectivity index (χ4v) is 3.48. The summed E-state index contributed by atoms with van der Waals surface area (Å²) >= 11 is 5.48. The van der Waals surface area contributed by atoms with Crippen LogP contribution in [0.15, 0.2) is 30.5 Å². The molecule has 1 aliphatic heterocycles. The van der Waals surface area contributed by atoms with Crippen LogP contribution in [0.1, 0.15) is 34.7 Å². The number of hydrogen-bond acceptors (Lipinski definition) is 3. The van der Waals surface area contributed by atoms with Crippen molar-refractivity contribution in [1.29, 1.82) is 0 Å². The number of aromatic amines is 1. The Hall–Kier alpha value is -1.92. The van der Waals surface area contributed by atoms with Crippen molar-refractivity contribution in [3.8, 4) is 0 Å². The Bertz CT molecular complexity index is 670. The normalized spacial score (nSPS) is 21.2. The molecule has 0 bridgehead atoms. The lowest BCUT2D eigenvalue weighted by Crippen LogP contribution is -2.32. The quantitative estimate of drug-likeness (QED) is 0.753. The Labute approximate surface area is 135 Å². The van der Waals surface area contributed by atoms with Crippen molar-refractivity contribution in [3.05, 3.63) is 53.1 Å². The molecule has 3 heterocycles. The Morgan fingerprint density at radius 2 is 2.18 bits per heavy atom. The zero-order valence-electron chi connectivity index (χ0n) is 12.7. The molecule has 1 aliphatic rings. The molecule has 5 nitrogen and oxygen atoms in total. The van der Waals surface area contributed by atoms with Gasteiger partial charge < -0.3 is 20.3 Å². The minimum Gasteiger partial charge on any atom is -0.395 e. The van der Waals surface area contributed by atoms with E-state index in [0.717, 1.165) is 17.1 Å². The molecule has 116 valence electrons. The summed E-state index contributed by atoms with van der Waals surface area (Å²) in [7, 11) is 0. The minimum absolute atomic E-state index is 0.0193. The number of thiocarbonyl (C=S) groups is 1. The highest BCUT2D eigenvalue weighted by molar-refractivity contribution is 7.80. The van der Waals surface area contributed by atoms with Crippen molar-refractivity contribution in [2.45, 2.75) is 25.9 Å². The average Bonchev–Trinajstić information content (AvgIpc) is 3.00. The summed E-state index contributed by atoms with van der Waals surface area (Å²) in [6, 6.07) is 8.05. The standard InChI is InChI=1S/C16H20N4OS/c1-10-9-12(11(2)18-10)15-14(13-5-3-4-6-17-13)19-16(22)20(15)7-8-21/h3-6,9,14-15,18,21H,7-8H2,1-2H3,(H,19,22)/t14-,15+/m1/s1. The highest BCUT2D eigenvalue weighted by Crippen LogP contribution is 2.39. The van der Waals surface area contributed by atoms with E-state index in [2.05, 4.69) is 28.3 Å². The number of nitrogens with zero attached hydrogens (tertiary/aromatic N) is 2. The van der Waals surface area contributed by atoms with Crippen LogP contribution in [0.25, 0.3) is 0 Å². The minimum atomic E-state index is -0.0193.